The molecule has 0 aromatic rings. The molecule has 0 radical (unpaired) electrons. The number of hydrogen-bond donors (Lipinski definition) is 3. The predicted molar refractivity (Wildman–Crippen MR) is 51.7 cm³/mol. The molecule has 14 heavy (non-hydrogen) atoms. The standard InChI is InChI=1S/C9H17NO4/c1-2-9(13)10-4-3-5-14-7-8(12)6-11/h2,8,11-12H,1,3-7H2,(H,10,13). The molecule has 1 unspecified atom stereocenters. The fraction of sp³-hybridized carbons (Fsp3) is 0.667. The van der Waals surface area contributed by atoms with Crippen molar-refractivity contribution < 1.29 is 19.7 Å². The van der Waals surface area contributed by atoms with Crippen molar-refractivity contribution in [2.24, 2.45) is 0 Å². The Hall–Kier alpha value is -0.910. The van der Waals surface area contributed by atoms with E-state index in [9.17, 15) is 4.79 Å². The van der Waals surface area contributed by atoms with Crippen molar-refractivity contribution in [2.45, 2.75) is 12.5 Å². The number of hydrogen-bond acceptors (Lipinski definition) is 4. The van der Waals surface area contributed by atoms with Crippen LogP contribution < -0.4 is 5.32 Å². The molecule has 0 aromatic heterocycles. The van der Waals surface area contributed by atoms with Gasteiger partial charge in [0, 0.05) is 13.2 Å². The van der Waals surface area contributed by atoms with E-state index in [-0.39, 0.29) is 19.1 Å². The number of aliphatic hydroxyl groups excluding tert-OH is 2. The molecule has 82 valence electrons. The normalized spacial score (nSPS) is 12.1. The lowest BCUT2D eigenvalue weighted by molar-refractivity contribution is -0.116. The molecular formula is C9H17NO4. The highest BCUT2D eigenvalue weighted by Gasteiger charge is 2.00. The van der Waals surface area contributed by atoms with Gasteiger partial charge >= 0.3 is 0 Å². The van der Waals surface area contributed by atoms with E-state index in [0.29, 0.717) is 19.6 Å². The van der Waals surface area contributed by atoms with Crippen LogP contribution in [0, 0.1) is 0 Å². The van der Waals surface area contributed by atoms with Crippen LogP contribution in [0.25, 0.3) is 0 Å². The smallest absolute Gasteiger partial charge is 0.243 e. The average molecular weight is 203 g/mol. The summed E-state index contributed by atoms with van der Waals surface area (Å²) in [5, 5.41) is 19.9. The quantitative estimate of drug-likeness (QED) is 0.351. The van der Waals surface area contributed by atoms with Crippen molar-refractivity contribution in [1.29, 1.82) is 0 Å². The van der Waals surface area contributed by atoms with Gasteiger partial charge in [0.2, 0.25) is 5.91 Å². The summed E-state index contributed by atoms with van der Waals surface area (Å²) in [7, 11) is 0. The second-order valence-electron chi connectivity index (χ2n) is 2.76. The van der Waals surface area contributed by atoms with Crippen molar-refractivity contribution >= 4 is 5.91 Å². The highest BCUT2D eigenvalue weighted by atomic mass is 16.5. The molecule has 0 saturated heterocycles. The van der Waals surface area contributed by atoms with Crippen LogP contribution in [0.1, 0.15) is 6.42 Å². The maximum absolute atomic E-state index is 10.7. The molecule has 3 N–H and O–H groups in total. The van der Waals surface area contributed by atoms with Crippen LogP contribution in [0.2, 0.25) is 0 Å². The van der Waals surface area contributed by atoms with Crippen LogP contribution >= 0.6 is 0 Å². The molecule has 0 heterocycles. The van der Waals surface area contributed by atoms with Crippen molar-refractivity contribution in [3.63, 3.8) is 0 Å². The topological polar surface area (TPSA) is 78.8 Å². The maximum Gasteiger partial charge on any atom is 0.243 e. The van der Waals surface area contributed by atoms with E-state index < -0.39 is 6.10 Å². The maximum atomic E-state index is 10.7. The minimum atomic E-state index is -0.822. The van der Waals surface area contributed by atoms with E-state index in [1.165, 1.54) is 6.08 Å². The van der Waals surface area contributed by atoms with E-state index in [4.69, 9.17) is 14.9 Å². The van der Waals surface area contributed by atoms with Gasteiger partial charge in [-0.05, 0) is 12.5 Å². The number of rotatable bonds is 8. The first-order chi connectivity index (χ1) is 6.70. The number of amides is 1. The van der Waals surface area contributed by atoms with Crippen LogP contribution in [0.15, 0.2) is 12.7 Å². The minimum Gasteiger partial charge on any atom is -0.394 e. The zero-order valence-electron chi connectivity index (χ0n) is 8.11. The van der Waals surface area contributed by atoms with Crippen LogP contribution in [-0.4, -0.2) is 48.6 Å². The molecule has 0 aliphatic carbocycles. The van der Waals surface area contributed by atoms with Gasteiger partial charge in [0.05, 0.1) is 13.2 Å². The van der Waals surface area contributed by atoms with Gasteiger partial charge in [-0.2, -0.15) is 0 Å². The number of aliphatic hydroxyl groups is 2. The van der Waals surface area contributed by atoms with Gasteiger partial charge in [-0.25, -0.2) is 0 Å². The summed E-state index contributed by atoms with van der Waals surface area (Å²) in [4.78, 5) is 10.7. The highest BCUT2D eigenvalue weighted by Crippen LogP contribution is 1.86. The summed E-state index contributed by atoms with van der Waals surface area (Å²) in [6.07, 6.45) is 1.05. The zero-order chi connectivity index (χ0) is 10.8. The third kappa shape index (κ3) is 7.72. The van der Waals surface area contributed by atoms with Gasteiger partial charge in [-0.1, -0.05) is 6.58 Å². The summed E-state index contributed by atoms with van der Waals surface area (Å²) in [6.45, 7) is 4.08. The van der Waals surface area contributed by atoms with Crippen molar-refractivity contribution in [3.05, 3.63) is 12.7 Å². The van der Waals surface area contributed by atoms with Gasteiger partial charge in [-0.15, -0.1) is 0 Å². The Kier molecular flexibility index (Phi) is 8.11. The Labute approximate surface area is 83.4 Å². The van der Waals surface area contributed by atoms with Crippen LogP contribution in [-0.2, 0) is 9.53 Å². The number of nitrogens with one attached hydrogen (secondary N) is 1. The van der Waals surface area contributed by atoms with Crippen molar-refractivity contribution in [2.75, 3.05) is 26.4 Å². The Morgan fingerprint density at radius 1 is 1.64 bits per heavy atom. The molecular weight excluding hydrogens is 186 g/mol. The molecule has 0 saturated carbocycles. The Morgan fingerprint density at radius 3 is 2.93 bits per heavy atom. The van der Waals surface area contributed by atoms with E-state index in [1.54, 1.807) is 0 Å². The number of carbonyl (C=O) groups excluding carboxylic acids is 1. The summed E-state index contributed by atoms with van der Waals surface area (Å²) in [5.41, 5.74) is 0. The first-order valence-corrected chi connectivity index (χ1v) is 4.47. The van der Waals surface area contributed by atoms with Gasteiger partial charge in [0.25, 0.3) is 0 Å². The molecule has 0 bridgehead atoms. The molecule has 1 atom stereocenters. The predicted octanol–water partition coefficient (Wildman–Crippen LogP) is -0.952. The summed E-state index contributed by atoms with van der Waals surface area (Å²) >= 11 is 0. The number of ether oxygens (including phenoxy) is 1. The van der Waals surface area contributed by atoms with Crippen LogP contribution in [0.5, 0.6) is 0 Å². The van der Waals surface area contributed by atoms with Gasteiger partial charge in [0.15, 0.2) is 0 Å². The first-order valence-electron chi connectivity index (χ1n) is 4.47. The van der Waals surface area contributed by atoms with Gasteiger partial charge in [-0.3, -0.25) is 4.79 Å². The highest BCUT2D eigenvalue weighted by molar-refractivity contribution is 5.86. The molecule has 0 aliphatic rings. The fourth-order valence-electron chi connectivity index (χ4n) is 0.730. The Morgan fingerprint density at radius 2 is 2.36 bits per heavy atom. The number of carbonyl (C=O) groups is 1. The van der Waals surface area contributed by atoms with Gasteiger partial charge in [0.1, 0.15) is 6.10 Å². The Balaban J connectivity index is 3.14. The third-order valence-corrected chi connectivity index (χ3v) is 1.47. The molecule has 5 heteroatoms. The van der Waals surface area contributed by atoms with E-state index in [0.717, 1.165) is 0 Å². The van der Waals surface area contributed by atoms with Crippen molar-refractivity contribution in [3.8, 4) is 0 Å². The average Bonchev–Trinajstić information content (AvgIpc) is 2.22. The lowest BCUT2D eigenvalue weighted by atomic mass is 10.4. The summed E-state index contributed by atoms with van der Waals surface area (Å²) < 4.78 is 5.01. The van der Waals surface area contributed by atoms with Crippen molar-refractivity contribution in [1.82, 2.24) is 5.32 Å². The molecule has 0 aliphatic heterocycles. The second kappa shape index (κ2) is 8.68. The summed E-state index contributed by atoms with van der Waals surface area (Å²) in [6, 6.07) is 0. The minimum absolute atomic E-state index is 0.117. The molecule has 5 nitrogen and oxygen atoms in total. The third-order valence-electron chi connectivity index (χ3n) is 1.47. The SMILES string of the molecule is C=CC(=O)NCCCOCC(O)CO. The van der Waals surface area contributed by atoms with E-state index in [1.807, 2.05) is 0 Å². The molecule has 0 spiro atoms. The largest absolute Gasteiger partial charge is 0.394 e. The van der Waals surface area contributed by atoms with Gasteiger partial charge < -0.3 is 20.3 Å². The lowest BCUT2D eigenvalue weighted by Crippen LogP contribution is -2.24. The molecule has 0 aromatic carbocycles. The Bertz CT molecular complexity index is 172. The van der Waals surface area contributed by atoms with Crippen LogP contribution in [0.3, 0.4) is 0 Å². The first kappa shape index (κ1) is 13.1. The lowest BCUT2D eigenvalue weighted by Gasteiger charge is -2.08. The zero-order valence-corrected chi connectivity index (χ0v) is 8.11. The monoisotopic (exact) mass is 203 g/mol. The summed E-state index contributed by atoms with van der Waals surface area (Å²) in [5.74, 6) is -0.208. The van der Waals surface area contributed by atoms with E-state index >= 15 is 0 Å². The molecule has 1 amide bonds. The van der Waals surface area contributed by atoms with E-state index in [2.05, 4.69) is 11.9 Å². The van der Waals surface area contributed by atoms with Crippen LogP contribution in [0.4, 0.5) is 0 Å². The fourth-order valence-corrected chi connectivity index (χ4v) is 0.730. The second-order valence-corrected chi connectivity index (χ2v) is 2.76. The molecule has 0 fully saturated rings. The molecule has 0 rings (SSSR count).